The lowest BCUT2D eigenvalue weighted by Gasteiger charge is -2.34. The molecule has 1 atom stereocenters. The summed E-state index contributed by atoms with van der Waals surface area (Å²) in [6.45, 7) is 3.42. The maximum absolute atomic E-state index is 12.9. The maximum Gasteiger partial charge on any atom is 0.272 e. The van der Waals surface area contributed by atoms with E-state index in [1.54, 1.807) is 12.1 Å². The molecule has 0 saturated carbocycles. The van der Waals surface area contributed by atoms with Crippen LogP contribution in [0.4, 0.5) is 0 Å². The Morgan fingerprint density at radius 2 is 2.04 bits per heavy atom. The van der Waals surface area contributed by atoms with E-state index in [4.69, 9.17) is 10.7 Å². The molecule has 0 aliphatic carbocycles. The van der Waals surface area contributed by atoms with Gasteiger partial charge in [-0.05, 0) is 37.1 Å². The number of hydrogen-bond acceptors (Lipinski definition) is 4. The third-order valence-electron chi connectivity index (χ3n) is 5.30. The second-order valence-corrected chi connectivity index (χ2v) is 7.08. The van der Waals surface area contributed by atoms with Gasteiger partial charge >= 0.3 is 0 Å². The fraction of sp³-hybridized carbons (Fsp3) is 0.333. The maximum atomic E-state index is 12.9. The minimum Gasteiger partial charge on any atom is -0.366 e. The number of nitrogens with two attached hydrogens (primary N) is 1. The molecule has 4 rings (SSSR count). The molecule has 144 valence electrons. The third kappa shape index (κ3) is 3.24. The van der Waals surface area contributed by atoms with Crippen molar-refractivity contribution < 1.29 is 9.59 Å². The summed E-state index contributed by atoms with van der Waals surface area (Å²) < 4.78 is 2.29. The van der Waals surface area contributed by atoms with Crippen molar-refractivity contribution in [3.05, 3.63) is 59.7 Å². The second-order valence-electron chi connectivity index (χ2n) is 7.08. The van der Waals surface area contributed by atoms with Crippen molar-refractivity contribution in [1.29, 1.82) is 0 Å². The first kappa shape index (κ1) is 18.2. The Bertz CT molecular complexity index is 1020. The SMILES string of the molecule is CCc1nc2ccccc2n1C1CCCN(C(=O)c2ccc(C(N)=O)cn2)C1. The van der Waals surface area contributed by atoms with E-state index in [0.717, 1.165) is 36.1 Å². The smallest absolute Gasteiger partial charge is 0.272 e. The Labute approximate surface area is 163 Å². The van der Waals surface area contributed by atoms with E-state index in [0.29, 0.717) is 24.3 Å². The average Bonchev–Trinajstić information content (AvgIpc) is 3.12. The number of piperidine rings is 1. The van der Waals surface area contributed by atoms with Crippen molar-refractivity contribution in [2.45, 2.75) is 32.2 Å². The number of carbonyl (C=O) groups is 2. The number of carbonyl (C=O) groups excluding carboxylic acids is 2. The van der Waals surface area contributed by atoms with Gasteiger partial charge in [0.15, 0.2) is 0 Å². The molecule has 1 aliphatic heterocycles. The van der Waals surface area contributed by atoms with Crippen LogP contribution in [0, 0.1) is 0 Å². The highest BCUT2D eigenvalue weighted by Gasteiger charge is 2.28. The van der Waals surface area contributed by atoms with Gasteiger partial charge in [0.05, 0.1) is 22.6 Å². The summed E-state index contributed by atoms with van der Waals surface area (Å²) in [6.07, 6.45) is 4.13. The van der Waals surface area contributed by atoms with Crippen LogP contribution in [0.15, 0.2) is 42.6 Å². The second kappa shape index (κ2) is 7.42. The molecule has 1 saturated heterocycles. The molecule has 0 bridgehead atoms. The number of imidazole rings is 1. The highest BCUT2D eigenvalue weighted by atomic mass is 16.2. The zero-order valence-corrected chi connectivity index (χ0v) is 15.8. The van der Waals surface area contributed by atoms with Gasteiger partial charge in [-0.3, -0.25) is 14.6 Å². The number of amides is 2. The van der Waals surface area contributed by atoms with Crippen LogP contribution in [0.5, 0.6) is 0 Å². The first-order chi connectivity index (χ1) is 13.6. The van der Waals surface area contributed by atoms with Gasteiger partial charge in [-0.15, -0.1) is 0 Å². The molecule has 2 aromatic heterocycles. The van der Waals surface area contributed by atoms with Crippen molar-refractivity contribution >= 4 is 22.8 Å². The predicted molar refractivity (Wildman–Crippen MR) is 106 cm³/mol. The minimum atomic E-state index is -0.552. The van der Waals surface area contributed by atoms with Crippen molar-refractivity contribution in [1.82, 2.24) is 19.4 Å². The minimum absolute atomic E-state index is 0.122. The molecule has 0 radical (unpaired) electrons. The molecule has 2 N–H and O–H groups in total. The predicted octanol–water partition coefficient (Wildman–Crippen LogP) is 2.57. The molecule has 3 aromatic rings. The van der Waals surface area contributed by atoms with Gasteiger partial charge in [-0.2, -0.15) is 0 Å². The summed E-state index contributed by atoms with van der Waals surface area (Å²) >= 11 is 0. The number of rotatable bonds is 4. The lowest BCUT2D eigenvalue weighted by Crippen LogP contribution is -2.41. The molecule has 28 heavy (non-hydrogen) atoms. The van der Waals surface area contributed by atoms with Gasteiger partial charge in [-0.25, -0.2) is 4.98 Å². The van der Waals surface area contributed by atoms with E-state index in [1.807, 2.05) is 23.1 Å². The zero-order chi connectivity index (χ0) is 19.7. The average molecular weight is 377 g/mol. The lowest BCUT2D eigenvalue weighted by molar-refractivity contribution is 0.0673. The highest BCUT2D eigenvalue weighted by Crippen LogP contribution is 2.28. The van der Waals surface area contributed by atoms with Gasteiger partial charge in [0.1, 0.15) is 11.5 Å². The number of fused-ring (bicyclic) bond motifs is 1. The van der Waals surface area contributed by atoms with E-state index in [9.17, 15) is 9.59 Å². The number of likely N-dealkylation sites (tertiary alicyclic amines) is 1. The molecule has 7 heteroatoms. The van der Waals surface area contributed by atoms with Crippen LogP contribution >= 0.6 is 0 Å². The summed E-state index contributed by atoms with van der Waals surface area (Å²) in [5.74, 6) is 0.372. The lowest BCUT2D eigenvalue weighted by atomic mass is 10.0. The van der Waals surface area contributed by atoms with E-state index < -0.39 is 5.91 Å². The topological polar surface area (TPSA) is 94.1 Å². The molecule has 1 fully saturated rings. The molecule has 1 aliphatic rings. The fourth-order valence-corrected chi connectivity index (χ4v) is 3.93. The molecular weight excluding hydrogens is 354 g/mol. The largest absolute Gasteiger partial charge is 0.366 e. The Morgan fingerprint density at radius 3 is 2.75 bits per heavy atom. The Hall–Kier alpha value is -3.22. The monoisotopic (exact) mass is 377 g/mol. The van der Waals surface area contributed by atoms with E-state index >= 15 is 0 Å². The zero-order valence-electron chi connectivity index (χ0n) is 15.8. The highest BCUT2D eigenvalue weighted by molar-refractivity contribution is 5.95. The van der Waals surface area contributed by atoms with Gasteiger partial charge < -0.3 is 15.2 Å². The number of para-hydroxylation sites is 2. The van der Waals surface area contributed by atoms with Crippen LogP contribution in [-0.4, -0.2) is 44.3 Å². The Morgan fingerprint density at radius 1 is 1.21 bits per heavy atom. The number of primary amides is 1. The number of nitrogens with zero attached hydrogens (tertiary/aromatic N) is 4. The van der Waals surface area contributed by atoms with Crippen LogP contribution in [0.25, 0.3) is 11.0 Å². The van der Waals surface area contributed by atoms with Crippen molar-refractivity contribution in [2.24, 2.45) is 5.73 Å². The summed E-state index contributed by atoms with van der Waals surface area (Å²) in [6, 6.07) is 11.4. The van der Waals surface area contributed by atoms with Gasteiger partial charge in [0.2, 0.25) is 5.91 Å². The van der Waals surface area contributed by atoms with Crippen LogP contribution in [0.1, 0.15) is 52.5 Å². The number of aromatic nitrogens is 3. The standard InChI is InChI=1S/C21H23N5O2/c1-2-19-24-16-7-3-4-8-18(16)26(19)15-6-5-11-25(13-15)21(28)17-10-9-14(12-23-17)20(22)27/h3-4,7-10,12,15H,2,5-6,11,13H2,1H3,(H2,22,27). The third-order valence-corrected chi connectivity index (χ3v) is 5.30. The van der Waals surface area contributed by atoms with Crippen LogP contribution in [-0.2, 0) is 6.42 Å². The number of pyridine rings is 1. The molecule has 7 nitrogen and oxygen atoms in total. The van der Waals surface area contributed by atoms with Crippen LogP contribution < -0.4 is 5.73 Å². The normalized spacial score (nSPS) is 17.0. The molecular formula is C21H23N5O2. The van der Waals surface area contributed by atoms with E-state index in [-0.39, 0.29) is 11.9 Å². The summed E-state index contributed by atoms with van der Waals surface area (Å²) in [4.78, 5) is 34.9. The van der Waals surface area contributed by atoms with E-state index in [2.05, 4.69) is 22.5 Å². The van der Waals surface area contributed by atoms with Crippen LogP contribution in [0.2, 0.25) is 0 Å². The molecule has 2 amide bonds. The fourth-order valence-electron chi connectivity index (χ4n) is 3.93. The number of aryl methyl sites for hydroxylation is 1. The molecule has 0 spiro atoms. The van der Waals surface area contributed by atoms with Gasteiger partial charge in [0, 0.05) is 25.7 Å². The van der Waals surface area contributed by atoms with Crippen LogP contribution in [0.3, 0.4) is 0 Å². The molecule has 3 heterocycles. The van der Waals surface area contributed by atoms with E-state index in [1.165, 1.54) is 6.20 Å². The molecule has 1 unspecified atom stereocenters. The quantitative estimate of drug-likeness (QED) is 0.756. The number of hydrogen-bond donors (Lipinski definition) is 1. The van der Waals surface area contributed by atoms with Crippen molar-refractivity contribution in [3.8, 4) is 0 Å². The Kier molecular flexibility index (Phi) is 4.81. The first-order valence-electron chi connectivity index (χ1n) is 9.59. The molecule has 1 aromatic carbocycles. The number of benzene rings is 1. The Balaban J connectivity index is 1.60. The first-order valence-corrected chi connectivity index (χ1v) is 9.59. The van der Waals surface area contributed by atoms with Crippen molar-refractivity contribution in [3.63, 3.8) is 0 Å². The summed E-state index contributed by atoms with van der Waals surface area (Å²) in [5, 5.41) is 0. The summed E-state index contributed by atoms with van der Waals surface area (Å²) in [7, 11) is 0. The van der Waals surface area contributed by atoms with Gasteiger partial charge in [0.25, 0.3) is 5.91 Å². The van der Waals surface area contributed by atoms with Gasteiger partial charge in [-0.1, -0.05) is 19.1 Å². The summed E-state index contributed by atoms with van der Waals surface area (Å²) in [5.41, 5.74) is 7.98. The van der Waals surface area contributed by atoms with Crippen molar-refractivity contribution in [2.75, 3.05) is 13.1 Å².